The molecule has 0 bridgehead atoms. The Hall–Kier alpha value is -2.60. The SMILES string of the molecule is COc1cccc(F)c1C1=CNC(c2cc(C)cc(N3CCC[C@H]3CN)n2)C1. The van der Waals surface area contributed by atoms with E-state index in [1.54, 1.807) is 19.2 Å². The number of aromatic nitrogens is 1. The van der Waals surface area contributed by atoms with Crippen LogP contribution in [-0.4, -0.2) is 31.2 Å². The fourth-order valence-corrected chi connectivity index (χ4v) is 4.27. The van der Waals surface area contributed by atoms with Crippen LogP contribution in [0.2, 0.25) is 0 Å². The van der Waals surface area contributed by atoms with E-state index in [2.05, 4.69) is 29.3 Å². The highest BCUT2D eigenvalue weighted by molar-refractivity contribution is 5.73. The maximum Gasteiger partial charge on any atom is 0.134 e. The van der Waals surface area contributed by atoms with Crippen molar-refractivity contribution in [2.75, 3.05) is 25.1 Å². The number of ether oxygens (including phenoxy) is 1. The zero-order chi connectivity index (χ0) is 19.7. The standard InChI is InChI=1S/C22H27FN4O/c1-14-9-19(26-21(10-14)27-8-4-5-16(27)12-24)18-11-15(13-25-18)22-17(23)6-3-7-20(22)28-2/h3,6-7,9-10,13,16,18,25H,4-5,8,11-12,24H2,1-2H3/t16-,18?/m0/s1. The predicted molar refractivity (Wildman–Crippen MR) is 110 cm³/mol. The highest BCUT2D eigenvalue weighted by Crippen LogP contribution is 2.38. The number of rotatable bonds is 5. The smallest absolute Gasteiger partial charge is 0.134 e. The van der Waals surface area contributed by atoms with Crippen LogP contribution >= 0.6 is 0 Å². The summed E-state index contributed by atoms with van der Waals surface area (Å²) in [6.07, 6.45) is 4.80. The molecule has 2 aromatic rings. The molecule has 0 radical (unpaired) electrons. The van der Waals surface area contributed by atoms with Crippen LogP contribution in [0.25, 0.3) is 5.57 Å². The normalized spacial score (nSPS) is 21.6. The van der Waals surface area contributed by atoms with E-state index in [1.807, 2.05) is 6.20 Å². The van der Waals surface area contributed by atoms with Gasteiger partial charge in [-0.3, -0.25) is 0 Å². The van der Waals surface area contributed by atoms with Gasteiger partial charge in [-0.1, -0.05) is 6.07 Å². The Kier molecular flexibility index (Phi) is 5.22. The van der Waals surface area contributed by atoms with E-state index in [9.17, 15) is 4.39 Å². The van der Waals surface area contributed by atoms with E-state index in [-0.39, 0.29) is 11.9 Å². The van der Waals surface area contributed by atoms with Crippen LogP contribution in [0.4, 0.5) is 10.2 Å². The van der Waals surface area contributed by atoms with Gasteiger partial charge in [-0.2, -0.15) is 0 Å². The molecule has 1 saturated heterocycles. The Morgan fingerprint density at radius 1 is 1.36 bits per heavy atom. The lowest BCUT2D eigenvalue weighted by molar-refractivity contribution is 0.409. The third kappa shape index (κ3) is 3.44. The first-order valence-electron chi connectivity index (χ1n) is 9.84. The highest BCUT2D eigenvalue weighted by atomic mass is 19.1. The van der Waals surface area contributed by atoms with Gasteiger partial charge in [0.05, 0.1) is 24.4 Å². The van der Waals surface area contributed by atoms with Crippen LogP contribution in [0, 0.1) is 12.7 Å². The van der Waals surface area contributed by atoms with E-state index < -0.39 is 0 Å². The zero-order valence-electron chi connectivity index (χ0n) is 16.4. The Labute approximate surface area is 165 Å². The number of aryl methyl sites for hydroxylation is 1. The lowest BCUT2D eigenvalue weighted by atomic mass is 9.99. The first kappa shape index (κ1) is 18.7. The number of nitrogens with two attached hydrogens (primary N) is 1. The first-order valence-corrected chi connectivity index (χ1v) is 9.84. The molecule has 5 nitrogen and oxygen atoms in total. The molecule has 0 aliphatic carbocycles. The van der Waals surface area contributed by atoms with Gasteiger partial charge in [0.25, 0.3) is 0 Å². The monoisotopic (exact) mass is 382 g/mol. The molecule has 6 heteroatoms. The number of hydrogen-bond donors (Lipinski definition) is 2. The summed E-state index contributed by atoms with van der Waals surface area (Å²) in [4.78, 5) is 7.26. The largest absolute Gasteiger partial charge is 0.496 e. The molecule has 3 N–H and O–H groups in total. The maximum absolute atomic E-state index is 14.5. The van der Waals surface area contributed by atoms with Crippen molar-refractivity contribution in [3.8, 4) is 5.75 Å². The number of halogens is 1. The van der Waals surface area contributed by atoms with Crippen LogP contribution < -0.4 is 20.7 Å². The molecule has 2 atom stereocenters. The van der Waals surface area contributed by atoms with Crippen molar-refractivity contribution in [3.63, 3.8) is 0 Å². The van der Waals surface area contributed by atoms with E-state index in [1.165, 1.54) is 11.6 Å². The number of anilines is 1. The molecule has 0 saturated carbocycles. The number of hydrogen-bond acceptors (Lipinski definition) is 5. The molecule has 1 aromatic heterocycles. The number of pyridine rings is 1. The van der Waals surface area contributed by atoms with Gasteiger partial charge in [-0.05, 0) is 55.2 Å². The Morgan fingerprint density at radius 2 is 2.21 bits per heavy atom. The average molecular weight is 382 g/mol. The van der Waals surface area contributed by atoms with Crippen molar-refractivity contribution in [3.05, 3.63) is 59.2 Å². The van der Waals surface area contributed by atoms with E-state index in [0.717, 1.165) is 36.5 Å². The number of benzene rings is 1. The van der Waals surface area contributed by atoms with Crippen LogP contribution in [0.5, 0.6) is 5.75 Å². The quantitative estimate of drug-likeness (QED) is 0.828. The summed E-state index contributed by atoms with van der Waals surface area (Å²) in [7, 11) is 1.57. The minimum absolute atomic E-state index is 0.0110. The van der Waals surface area contributed by atoms with E-state index in [4.69, 9.17) is 15.5 Å². The van der Waals surface area contributed by atoms with Gasteiger partial charge >= 0.3 is 0 Å². The van der Waals surface area contributed by atoms with Crippen molar-refractivity contribution < 1.29 is 9.13 Å². The van der Waals surface area contributed by atoms with Gasteiger partial charge < -0.3 is 20.7 Å². The summed E-state index contributed by atoms with van der Waals surface area (Å²) in [5, 5.41) is 3.38. The van der Waals surface area contributed by atoms with E-state index >= 15 is 0 Å². The van der Waals surface area contributed by atoms with Crippen molar-refractivity contribution in [2.45, 2.75) is 38.3 Å². The predicted octanol–water partition coefficient (Wildman–Crippen LogP) is 3.54. The zero-order valence-corrected chi connectivity index (χ0v) is 16.4. The van der Waals surface area contributed by atoms with Crippen LogP contribution in [0.3, 0.4) is 0 Å². The molecule has 1 unspecified atom stereocenters. The van der Waals surface area contributed by atoms with Gasteiger partial charge in [0.15, 0.2) is 0 Å². The lowest BCUT2D eigenvalue weighted by Gasteiger charge is -2.26. The molecule has 2 aliphatic heterocycles. The van der Waals surface area contributed by atoms with Crippen LogP contribution in [0.15, 0.2) is 36.5 Å². The van der Waals surface area contributed by atoms with Crippen molar-refractivity contribution in [1.29, 1.82) is 0 Å². The van der Waals surface area contributed by atoms with Gasteiger partial charge in [0, 0.05) is 31.8 Å². The summed E-state index contributed by atoms with van der Waals surface area (Å²) < 4.78 is 19.8. The second-order valence-electron chi connectivity index (χ2n) is 7.56. The molecule has 0 amide bonds. The number of nitrogens with one attached hydrogen (secondary N) is 1. The third-order valence-electron chi connectivity index (χ3n) is 5.68. The fraction of sp³-hybridized carbons (Fsp3) is 0.409. The first-order chi connectivity index (χ1) is 13.6. The van der Waals surface area contributed by atoms with Crippen LogP contribution in [0.1, 0.15) is 42.1 Å². The van der Waals surface area contributed by atoms with Gasteiger partial charge in [0.2, 0.25) is 0 Å². The minimum atomic E-state index is -0.270. The topological polar surface area (TPSA) is 63.4 Å². The van der Waals surface area contributed by atoms with Gasteiger partial charge in [-0.25, -0.2) is 9.37 Å². The molecule has 28 heavy (non-hydrogen) atoms. The molecule has 1 fully saturated rings. The van der Waals surface area contributed by atoms with Crippen LogP contribution in [-0.2, 0) is 0 Å². The molecule has 4 rings (SSSR count). The van der Waals surface area contributed by atoms with Gasteiger partial charge in [0.1, 0.15) is 17.4 Å². The second-order valence-corrected chi connectivity index (χ2v) is 7.56. The van der Waals surface area contributed by atoms with E-state index in [0.29, 0.717) is 30.3 Å². The molecule has 2 aliphatic rings. The lowest BCUT2D eigenvalue weighted by Crippen LogP contribution is -2.36. The van der Waals surface area contributed by atoms with Gasteiger partial charge in [-0.15, -0.1) is 0 Å². The number of methoxy groups -OCH3 is 1. The Bertz CT molecular complexity index is 898. The molecule has 148 valence electrons. The average Bonchev–Trinajstić information content (AvgIpc) is 3.36. The molecular weight excluding hydrogens is 355 g/mol. The minimum Gasteiger partial charge on any atom is -0.496 e. The summed E-state index contributed by atoms with van der Waals surface area (Å²) >= 11 is 0. The third-order valence-corrected chi connectivity index (χ3v) is 5.68. The van der Waals surface area contributed by atoms with Crippen molar-refractivity contribution in [1.82, 2.24) is 10.3 Å². The summed E-state index contributed by atoms with van der Waals surface area (Å²) in [6, 6.07) is 9.51. The van der Waals surface area contributed by atoms with Crippen molar-refractivity contribution >= 4 is 11.4 Å². The number of nitrogens with zero attached hydrogens (tertiary/aromatic N) is 2. The Balaban J connectivity index is 1.59. The molecule has 3 heterocycles. The summed E-state index contributed by atoms with van der Waals surface area (Å²) in [5.41, 5.74) is 9.50. The molecule has 0 spiro atoms. The second kappa shape index (κ2) is 7.80. The fourth-order valence-electron chi connectivity index (χ4n) is 4.27. The summed E-state index contributed by atoms with van der Waals surface area (Å²) in [5.74, 6) is 1.27. The maximum atomic E-state index is 14.5. The summed E-state index contributed by atoms with van der Waals surface area (Å²) in [6.45, 7) is 3.72. The molecule has 1 aromatic carbocycles. The molecular formula is C22H27FN4O. The Morgan fingerprint density at radius 3 is 3.00 bits per heavy atom. The van der Waals surface area contributed by atoms with Crippen molar-refractivity contribution in [2.24, 2.45) is 5.73 Å². The highest BCUT2D eigenvalue weighted by Gasteiger charge is 2.28.